The van der Waals surface area contributed by atoms with E-state index in [1.165, 1.54) is 35.3 Å². The third-order valence-electron chi connectivity index (χ3n) is 2.55. The Bertz CT molecular complexity index is 742. The lowest BCUT2D eigenvalue weighted by atomic mass is 10.2. The lowest BCUT2D eigenvalue weighted by molar-refractivity contribution is -0.394. The molecule has 10 heteroatoms. The minimum atomic E-state index is -0.719. The fourth-order valence-corrected chi connectivity index (χ4v) is 1.57. The number of nitro groups is 1. The first-order valence-electron chi connectivity index (χ1n) is 6.09. The minimum absolute atomic E-state index is 0.0956. The van der Waals surface area contributed by atoms with Crippen LogP contribution in [0.3, 0.4) is 0 Å². The number of hydrogen-bond acceptors (Lipinski definition) is 6. The molecule has 2 aromatic rings. The number of amides is 1. The van der Waals surface area contributed by atoms with Gasteiger partial charge in [0.05, 0.1) is 17.8 Å². The van der Waals surface area contributed by atoms with Gasteiger partial charge < -0.3 is 10.1 Å². The molecule has 0 spiro atoms. The largest absolute Gasteiger partial charge is 0.490 e. The van der Waals surface area contributed by atoms with Crippen LogP contribution >= 0.6 is 0 Å². The summed E-state index contributed by atoms with van der Waals surface area (Å²) in [6.45, 7) is 1.67. The van der Waals surface area contributed by atoms with Crippen LogP contribution in [0.4, 0.5) is 10.3 Å². The molecule has 0 aliphatic rings. The second kappa shape index (κ2) is 6.52. The van der Waals surface area contributed by atoms with Crippen LogP contribution in [0.2, 0.25) is 0 Å². The Morgan fingerprint density at radius 2 is 2.23 bits per heavy atom. The van der Waals surface area contributed by atoms with Crippen LogP contribution < -0.4 is 5.43 Å². The number of benzene rings is 1. The Balaban J connectivity index is 1.99. The van der Waals surface area contributed by atoms with Gasteiger partial charge in [-0.05, 0) is 24.0 Å². The Hall–Kier alpha value is -3.17. The molecule has 0 saturated heterocycles. The molecule has 0 unspecified atom stereocenters. The van der Waals surface area contributed by atoms with Crippen molar-refractivity contribution in [2.75, 3.05) is 0 Å². The van der Waals surface area contributed by atoms with Crippen molar-refractivity contribution in [1.29, 1.82) is 0 Å². The molecule has 0 atom stereocenters. The van der Waals surface area contributed by atoms with Crippen molar-refractivity contribution < 1.29 is 14.1 Å². The normalized spacial score (nSPS) is 11.3. The Labute approximate surface area is 123 Å². The average molecular weight is 306 g/mol. The lowest BCUT2D eigenvalue weighted by Crippen LogP contribution is -2.21. The van der Waals surface area contributed by atoms with Gasteiger partial charge in [-0.3, -0.25) is 4.79 Å². The van der Waals surface area contributed by atoms with Gasteiger partial charge in [0.25, 0.3) is 5.91 Å². The summed E-state index contributed by atoms with van der Waals surface area (Å²) in [6, 6.07) is 5.50. The second-order valence-corrected chi connectivity index (χ2v) is 4.27. The molecular formula is C12H11FN6O3. The molecular weight excluding hydrogens is 295 g/mol. The van der Waals surface area contributed by atoms with E-state index in [0.717, 1.165) is 0 Å². The third-order valence-corrected chi connectivity index (χ3v) is 2.55. The minimum Gasteiger partial charge on any atom is -0.390 e. The zero-order valence-corrected chi connectivity index (χ0v) is 11.4. The van der Waals surface area contributed by atoms with Gasteiger partial charge in [-0.1, -0.05) is 17.1 Å². The number of rotatable bonds is 5. The number of halogens is 1. The predicted octanol–water partition coefficient (Wildman–Crippen LogP) is 1.13. The van der Waals surface area contributed by atoms with Crippen molar-refractivity contribution in [1.82, 2.24) is 20.2 Å². The molecule has 0 bridgehead atoms. The van der Waals surface area contributed by atoms with E-state index in [-0.39, 0.29) is 12.1 Å². The Morgan fingerprint density at radius 3 is 2.86 bits per heavy atom. The molecule has 2 rings (SSSR count). The quantitative estimate of drug-likeness (QED) is 0.505. The molecule has 0 fully saturated rings. The molecule has 1 heterocycles. The number of nitrogens with zero attached hydrogens (tertiary/aromatic N) is 5. The molecule has 9 nitrogen and oxygen atoms in total. The number of carbonyl (C=O) groups excluding carboxylic acids is 1. The van der Waals surface area contributed by atoms with Crippen LogP contribution in [0.15, 0.2) is 35.7 Å². The first-order valence-corrected chi connectivity index (χ1v) is 6.09. The highest BCUT2D eigenvalue weighted by Gasteiger charge is 2.14. The summed E-state index contributed by atoms with van der Waals surface area (Å²) in [5.41, 5.74) is 2.48. The topological polar surface area (TPSA) is 115 Å². The van der Waals surface area contributed by atoms with E-state index in [1.807, 2.05) is 0 Å². The van der Waals surface area contributed by atoms with Crippen molar-refractivity contribution in [2.24, 2.45) is 5.10 Å². The summed E-state index contributed by atoms with van der Waals surface area (Å²) < 4.78 is 14.6. The highest BCUT2D eigenvalue weighted by atomic mass is 19.1. The smallest absolute Gasteiger partial charge is 0.390 e. The van der Waals surface area contributed by atoms with E-state index >= 15 is 0 Å². The Morgan fingerprint density at radius 1 is 1.50 bits per heavy atom. The summed E-state index contributed by atoms with van der Waals surface area (Å²) in [4.78, 5) is 24.9. The van der Waals surface area contributed by atoms with E-state index in [1.54, 1.807) is 6.92 Å². The van der Waals surface area contributed by atoms with Crippen molar-refractivity contribution in [2.45, 2.75) is 13.5 Å². The standard InChI is InChI=1S/C12H11FN6O3/c1-8(6-18-7-14-12(17-18)19(21)22)15-16-11(20)9-4-2-3-5-10(9)13/h2-5,7H,6H2,1H3,(H,16,20)/b15-8-. The predicted molar refractivity (Wildman–Crippen MR) is 73.7 cm³/mol. The molecule has 1 amide bonds. The number of hydrazone groups is 1. The number of aromatic nitrogens is 3. The molecule has 1 aromatic heterocycles. The lowest BCUT2D eigenvalue weighted by Gasteiger charge is -2.02. The SMILES string of the molecule is C/C(Cn1cnc([N+](=O)[O-])n1)=N/NC(=O)c1ccccc1F. The van der Waals surface area contributed by atoms with E-state index in [9.17, 15) is 19.3 Å². The van der Waals surface area contributed by atoms with Crippen LogP contribution in [0.25, 0.3) is 0 Å². The third kappa shape index (κ3) is 3.69. The molecule has 114 valence electrons. The molecule has 0 aliphatic carbocycles. The summed E-state index contributed by atoms with van der Waals surface area (Å²) in [6.07, 6.45) is 1.18. The maximum atomic E-state index is 13.4. The van der Waals surface area contributed by atoms with Gasteiger partial charge in [-0.25, -0.2) is 9.82 Å². The Kier molecular flexibility index (Phi) is 4.51. The summed E-state index contributed by atoms with van der Waals surface area (Å²) in [7, 11) is 0. The molecule has 0 radical (unpaired) electrons. The van der Waals surface area contributed by atoms with Gasteiger partial charge in [-0.15, -0.1) is 0 Å². The van der Waals surface area contributed by atoms with E-state index in [4.69, 9.17) is 0 Å². The maximum absolute atomic E-state index is 13.4. The van der Waals surface area contributed by atoms with Gasteiger partial charge >= 0.3 is 5.95 Å². The first kappa shape index (κ1) is 15.2. The number of carbonyl (C=O) groups is 1. The van der Waals surface area contributed by atoms with Gasteiger partial charge in [0.1, 0.15) is 5.82 Å². The molecule has 22 heavy (non-hydrogen) atoms. The summed E-state index contributed by atoms with van der Waals surface area (Å²) in [5, 5.41) is 17.8. The van der Waals surface area contributed by atoms with Gasteiger partial charge in [-0.2, -0.15) is 9.78 Å². The van der Waals surface area contributed by atoms with Crippen LogP contribution in [-0.4, -0.2) is 31.3 Å². The van der Waals surface area contributed by atoms with Crippen molar-refractivity contribution in [3.63, 3.8) is 0 Å². The highest BCUT2D eigenvalue weighted by Crippen LogP contribution is 2.05. The van der Waals surface area contributed by atoms with Crippen molar-refractivity contribution in [3.05, 3.63) is 52.1 Å². The van der Waals surface area contributed by atoms with Gasteiger partial charge in [0, 0.05) is 5.10 Å². The van der Waals surface area contributed by atoms with Crippen LogP contribution in [0.1, 0.15) is 17.3 Å². The van der Waals surface area contributed by atoms with E-state index in [0.29, 0.717) is 5.71 Å². The van der Waals surface area contributed by atoms with E-state index < -0.39 is 22.6 Å². The zero-order chi connectivity index (χ0) is 16.1. The second-order valence-electron chi connectivity index (χ2n) is 4.27. The fraction of sp³-hybridized carbons (Fsp3) is 0.167. The monoisotopic (exact) mass is 306 g/mol. The van der Waals surface area contributed by atoms with Gasteiger partial charge in [0.15, 0.2) is 0 Å². The molecule has 1 N–H and O–H groups in total. The molecule has 1 aromatic carbocycles. The van der Waals surface area contributed by atoms with Crippen LogP contribution in [0, 0.1) is 15.9 Å². The van der Waals surface area contributed by atoms with Gasteiger partial charge in [0.2, 0.25) is 6.33 Å². The highest BCUT2D eigenvalue weighted by molar-refractivity contribution is 5.95. The van der Waals surface area contributed by atoms with Crippen molar-refractivity contribution in [3.8, 4) is 0 Å². The molecule has 0 aliphatic heterocycles. The fourth-order valence-electron chi connectivity index (χ4n) is 1.57. The number of hydrogen-bond donors (Lipinski definition) is 1. The van der Waals surface area contributed by atoms with E-state index in [2.05, 4.69) is 20.6 Å². The van der Waals surface area contributed by atoms with Crippen molar-refractivity contribution >= 4 is 17.6 Å². The average Bonchev–Trinajstić information content (AvgIpc) is 2.94. The maximum Gasteiger partial charge on any atom is 0.490 e. The summed E-state index contributed by atoms with van der Waals surface area (Å²) >= 11 is 0. The van der Waals surface area contributed by atoms with Crippen LogP contribution in [-0.2, 0) is 6.54 Å². The summed E-state index contributed by atoms with van der Waals surface area (Å²) in [5.74, 6) is -1.87. The van der Waals surface area contributed by atoms with Crippen LogP contribution in [0.5, 0.6) is 0 Å². The zero-order valence-electron chi connectivity index (χ0n) is 11.4. The molecule has 0 saturated carbocycles. The number of nitrogens with one attached hydrogen (secondary N) is 1. The first-order chi connectivity index (χ1) is 10.5.